The standard InChI is InChI=1S/C11H10ClN3S/c12-9-4-2-6-14-11(9)16-7-8-3-1-5-10(13)15-8/h1-6H,7H2,(H2,13,15). The second-order valence-corrected chi connectivity index (χ2v) is 4.50. The molecule has 0 aromatic carbocycles. The van der Waals surface area contributed by atoms with Crippen molar-refractivity contribution in [1.29, 1.82) is 0 Å². The van der Waals surface area contributed by atoms with Crippen LogP contribution in [0.25, 0.3) is 0 Å². The summed E-state index contributed by atoms with van der Waals surface area (Å²) in [5.41, 5.74) is 6.52. The number of hydrogen-bond acceptors (Lipinski definition) is 4. The highest BCUT2D eigenvalue weighted by atomic mass is 35.5. The van der Waals surface area contributed by atoms with Crippen molar-refractivity contribution in [2.75, 3.05) is 5.73 Å². The molecule has 0 aliphatic rings. The van der Waals surface area contributed by atoms with Gasteiger partial charge in [0.1, 0.15) is 10.8 Å². The molecule has 0 atom stereocenters. The number of rotatable bonds is 3. The van der Waals surface area contributed by atoms with E-state index in [1.807, 2.05) is 24.3 Å². The molecule has 0 aliphatic carbocycles. The third-order valence-corrected chi connectivity index (χ3v) is 3.37. The molecule has 0 spiro atoms. The Morgan fingerprint density at radius 3 is 2.88 bits per heavy atom. The van der Waals surface area contributed by atoms with E-state index in [2.05, 4.69) is 9.97 Å². The Bertz CT molecular complexity index is 490. The highest BCUT2D eigenvalue weighted by Gasteiger charge is 2.02. The van der Waals surface area contributed by atoms with Crippen molar-refractivity contribution in [2.24, 2.45) is 0 Å². The van der Waals surface area contributed by atoms with E-state index in [1.165, 1.54) is 0 Å². The zero-order valence-electron chi connectivity index (χ0n) is 8.43. The summed E-state index contributed by atoms with van der Waals surface area (Å²) in [5.74, 6) is 1.24. The lowest BCUT2D eigenvalue weighted by molar-refractivity contribution is 1.12. The summed E-state index contributed by atoms with van der Waals surface area (Å²) in [6.07, 6.45) is 1.72. The lowest BCUT2D eigenvalue weighted by Gasteiger charge is -2.02. The Kier molecular flexibility index (Phi) is 3.64. The molecule has 0 saturated carbocycles. The van der Waals surface area contributed by atoms with Crippen LogP contribution in [-0.2, 0) is 5.75 Å². The van der Waals surface area contributed by atoms with E-state index in [0.717, 1.165) is 10.7 Å². The third kappa shape index (κ3) is 2.87. The van der Waals surface area contributed by atoms with Crippen molar-refractivity contribution in [1.82, 2.24) is 9.97 Å². The second-order valence-electron chi connectivity index (χ2n) is 3.13. The summed E-state index contributed by atoms with van der Waals surface area (Å²) in [4.78, 5) is 8.39. The van der Waals surface area contributed by atoms with Gasteiger partial charge in [0.05, 0.1) is 10.7 Å². The van der Waals surface area contributed by atoms with Crippen molar-refractivity contribution in [3.8, 4) is 0 Å². The molecule has 2 rings (SSSR count). The average molecular weight is 252 g/mol. The number of nitrogens with two attached hydrogens (primary N) is 1. The van der Waals surface area contributed by atoms with Gasteiger partial charge in [-0.25, -0.2) is 9.97 Å². The van der Waals surface area contributed by atoms with Gasteiger partial charge in [0.15, 0.2) is 0 Å². The molecule has 2 aromatic heterocycles. The van der Waals surface area contributed by atoms with Crippen LogP contribution in [0.5, 0.6) is 0 Å². The molecule has 0 saturated heterocycles. The fourth-order valence-corrected chi connectivity index (χ4v) is 2.27. The molecule has 16 heavy (non-hydrogen) atoms. The first-order valence-corrected chi connectivity index (χ1v) is 6.07. The lowest BCUT2D eigenvalue weighted by atomic mass is 10.4. The maximum Gasteiger partial charge on any atom is 0.123 e. The average Bonchev–Trinajstić information content (AvgIpc) is 2.28. The maximum atomic E-state index is 5.99. The minimum atomic E-state index is 0.533. The first-order valence-electron chi connectivity index (χ1n) is 4.70. The van der Waals surface area contributed by atoms with Gasteiger partial charge in [0, 0.05) is 11.9 Å². The molecule has 0 amide bonds. The zero-order chi connectivity index (χ0) is 11.4. The van der Waals surface area contributed by atoms with Gasteiger partial charge in [-0.05, 0) is 24.3 Å². The van der Waals surface area contributed by atoms with Crippen molar-refractivity contribution >= 4 is 29.2 Å². The Morgan fingerprint density at radius 2 is 2.12 bits per heavy atom. The SMILES string of the molecule is Nc1cccc(CSc2ncccc2Cl)n1. The van der Waals surface area contributed by atoms with Crippen LogP contribution in [0.1, 0.15) is 5.69 Å². The van der Waals surface area contributed by atoms with E-state index < -0.39 is 0 Å². The van der Waals surface area contributed by atoms with Gasteiger partial charge in [-0.3, -0.25) is 0 Å². The molecular weight excluding hydrogens is 242 g/mol. The minimum absolute atomic E-state index is 0.533. The van der Waals surface area contributed by atoms with E-state index in [0.29, 0.717) is 16.6 Å². The number of nitrogen functional groups attached to an aromatic ring is 1. The number of aromatic nitrogens is 2. The van der Waals surface area contributed by atoms with Crippen LogP contribution in [0, 0.1) is 0 Å². The number of hydrogen-bond donors (Lipinski definition) is 1. The van der Waals surface area contributed by atoms with Crippen LogP contribution in [0.4, 0.5) is 5.82 Å². The highest BCUT2D eigenvalue weighted by Crippen LogP contribution is 2.26. The fraction of sp³-hybridized carbons (Fsp3) is 0.0909. The number of pyridine rings is 2. The van der Waals surface area contributed by atoms with Gasteiger partial charge in [0.25, 0.3) is 0 Å². The van der Waals surface area contributed by atoms with Gasteiger partial charge in [-0.2, -0.15) is 0 Å². The summed E-state index contributed by atoms with van der Waals surface area (Å²) in [7, 11) is 0. The molecular formula is C11H10ClN3S. The summed E-state index contributed by atoms with van der Waals surface area (Å²) in [6, 6.07) is 9.22. The molecule has 0 unspecified atom stereocenters. The van der Waals surface area contributed by atoms with Crippen molar-refractivity contribution in [3.05, 3.63) is 47.2 Å². The molecule has 3 nitrogen and oxygen atoms in total. The van der Waals surface area contributed by atoms with Crippen molar-refractivity contribution < 1.29 is 0 Å². The Labute approximate surface area is 103 Å². The van der Waals surface area contributed by atoms with E-state index in [9.17, 15) is 0 Å². The summed E-state index contributed by atoms with van der Waals surface area (Å²) < 4.78 is 0. The van der Waals surface area contributed by atoms with Crippen LogP contribution >= 0.6 is 23.4 Å². The van der Waals surface area contributed by atoms with Crippen LogP contribution in [-0.4, -0.2) is 9.97 Å². The molecule has 5 heteroatoms. The molecule has 0 bridgehead atoms. The van der Waals surface area contributed by atoms with Crippen LogP contribution in [0.15, 0.2) is 41.6 Å². The Hall–Kier alpha value is -1.26. The first-order chi connectivity index (χ1) is 7.75. The molecule has 0 fully saturated rings. The molecule has 82 valence electrons. The normalized spacial score (nSPS) is 10.3. The molecule has 2 aromatic rings. The largest absolute Gasteiger partial charge is 0.384 e. The van der Waals surface area contributed by atoms with E-state index in [4.69, 9.17) is 17.3 Å². The smallest absolute Gasteiger partial charge is 0.123 e. The van der Waals surface area contributed by atoms with E-state index in [1.54, 1.807) is 24.0 Å². The predicted molar refractivity (Wildman–Crippen MR) is 67.5 cm³/mol. The summed E-state index contributed by atoms with van der Waals surface area (Å²) >= 11 is 7.54. The minimum Gasteiger partial charge on any atom is -0.384 e. The van der Waals surface area contributed by atoms with Gasteiger partial charge < -0.3 is 5.73 Å². The summed E-state index contributed by atoms with van der Waals surface area (Å²) in [6.45, 7) is 0. The molecule has 2 N–H and O–H groups in total. The van der Waals surface area contributed by atoms with Crippen molar-refractivity contribution in [3.63, 3.8) is 0 Å². The lowest BCUT2D eigenvalue weighted by Crippen LogP contribution is -1.93. The van der Waals surface area contributed by atoms with Gasteiger partial charge in [-0.1, -0.05) is 29.4 Å². The van der Waals surface area contributed by atoms with Crippen molar-refractivity contribution in [2.45, 2.75) is 10.8 Å². The number of nitrogens with zero attached hydrogens (tertiary/aromatic N) is 2. The topological polar surface area (TPSA) is 51.8 Å². The van der Waals surface area contributed by atoms with Crippen LogP contribution in [0.2, 0.25) is 5.02 Å². The van der Waals surface area contributed by atoms with Crippen LogP contribution < -0.4 is 5.73 Å². The molecule has 2 heterocycles. The number of thioether (sulfide) groups is 1. The zero-order valence-corrected chi connectivity index (χ0v) is 10.0. The highest BCUT2D eigenvalue weighted by molar-refractivity contribution is 7.98. The Morgan fingerprint density at radius 1 is 1.25 bits per heavy atom. The number of halogens is 1. The van der Waals surface area contributed by atoms with Gasteiger partial charge in [0.2, 0.25) is 0 Å². The summed E-state index contributed by atoms with van der Waals surface area (Å²) in [5, 5.41) is 1.48. The quantitative estimate of drug-likeness (QED) is 0.852. The Balaban J connectivity index is 2.05. The molecule has 0 radical (unpaired) electrons. The maximum absolute atomic E-state index is 5.99. The fourth-order valence-electron chi connectivity index (χ4n) is 1.20. The van der Waals surface area contributed by atoms with E-state index >= 15 is 0 Å². The van der Waals surface area contributed by atoms with Crippen LogP contribution in [0.3, 0.4) is 0 Å². The van der Waals surface area contributed by atoms with Gasteiger partial charge >= 0.3 is 0 Å². The molecule has 0 aliphatic heterocycles. The number of anilines is 1. The second kappa shape index (κ2) is 5.18. The first kappa shape index (κ1) is 11.2. The monoisotopic (exact) mass is 251 g/mol. The van der Waals surface area contributed by atoms with Gasteiger partial charge in [-0.15, -0.1) is 0 Å². The third-order valence-electron chi connectivity index (χ3n) is 1.91. The van der Waals surface area contributed by atoms with E-state index in [-0.39, 0.29) is 0 Å². The predicted octanol–water partition coefficient (Wildman–Crippen LogP) is 3.00.